The molecular weight excluding hydrogens is 393 g/mol. The van der Waals surface area contributed by atoms with E-state index >= 15 is 0 Å². The van der Waals surface area contributed by atoms with E-state index in [1.54, 1.807) is 4.90 Å². The van der Waals surface area contributed by atoms with E-state index in [0.29, 0.717) is 12.5 Å². The van der Waals surface area contributed by atoms with Gasteiger partial charge < -0.3 is 20.0 Å². The van der Waals surface area contributed by atoms with Gasteiger partial charge in [0.2, 0.25) is 16.0 Å². The second-order valence-electron chi connectivity index (χ2n) is 6.93. The molecule has 2 aliphatic rings. The Hall–Kier alpha value is -2.05. The van der Waals surface area contributed by atoms with Gasteiger partial charge in [0.1, 0.15) is 0 Å². The molecule has 2 atom stereocenters. The van der Waals surface area contributed by atoms with Crippen LogP contribution in [0.3, 0.4) is 0 Å². The predicted octanol–water partition coefficient (Wildman–Crippen LogP) is -0.395. The van der Waals surface area contributed by atoms with Crippen LogP contribution in [0, 0.1) is 11.7 Å². The van der Waals surface area contributed by atoms with Gasteiger partial charge in [0.25, 0.3) is 6.47 Å². The molecule has 0 spiro atoms. The minimum Gasteiger partial charge on any atom is -0.483 e. The SMILES string of the molecule is CN(C)S(=O)(=O)C[C@@H]1CN(c2ncc(F)c(N3CCCC3)n2)C[C@H]1O.O=CO. The quantitative estimate of drug-likeness (QED) is 0.613. The number of carboxylic acid groups (broad SMARTS) is 1. The van der Waals surface area contributed by atoms with Crippen molar-refractivity contribution in [2.24, 2.45) is 5.92 Å². The van der Waals surface area contributed by atoms with Crippen LogP contribution in [-0.4, -0.2) is 91.5 Å². The number of anilines is 2. The summed E-state index contributed by atoms with van der Waals surface area (Å²) in [4.78, 5) is 20.3. The molecule has 0 bridgehead atoms. The molecule has 2 N–H and O–H groups in total. The summed E-state index contributed by atoms with van der Waals surface area (Å²) in [7, 11) is -0.466. The Morgan fingerprint density at radius 2 is 1.89 bits per heavy atom. The highest BCUT2D eigenvalue weighted by Crippen LogP contribution is 2.27. The highest BCUT2D eigenvalue weighted by Gasteiger charge is 2.36. The van der Waals surface area contributed by atoms with Crippen LogP contribution in [0.4, 0.5) is 16.2 Å². The number of β-amino-alcohol motifs (C(OH)–C–C–N with tert-alkyl or cyclic N) is 1. The molecule has 1 aromatic rings. The van der Waals surface area contributed by atoms with Crippen LogP contribution in [0.25, 0.3) is 0 Å². The highest BCUT2D eigenvalue weighted by molar-refractivity contribution is 7.89. The molecule has 1 aromatic heterocycles. The number of nitrogens with zero attached hydrogens (tertiary/aromatic N) is 5. The lowest BCUT2D eigenvalue weighted by atomic mass is 10.1. The fourth-order valence-electron chi connectivity index (χ4n) is 3.25. The average molecular weight is 419 g/mol. The van der Waals surface area contributed by atoms with Gasteiger partial charge in [0.15, 0.2) is 11.6 Å². The predicted molar refractivity (Wildman–Crippen MR) is 101 cm³/mol. The zero-order valence-electron chi connectivity index (χ0n) is 15.9. The monoisotopic (exact) mass is 419 g/mol. The van der Waals surface area contributed by atoms with E-state index in [1.165, 1.54) is 14.1 Å². The molecule has 0 amide bonds. The van der Waals surface area contributed by atoms with Gasteiger partial charge in [0.05, 0.1) is 18.1 Å². The Bertz CT molecular complexity index is 773. The summed E-state index contributed by atoms with van der Waals surface area (Å²) in [6.45, 7) is 1.83. The molecule has 0 aromatic carbocycles. The van der Waals surface area contributed by atoms with E-state index < -0.39 is 27.9 Å². The van der Waals surface area contributed by atoms with E-state index in [9.17, 15) is 17.9 Å². The maximum atomic E-state index is 14.1. The Kier molecular flexibility index (Phi) is 7.49. The molecule has 12 heteroatoms. The number of hydrogen-bond donors (Lipinski definition) is 2. The Labute approximate surface area is 163 Å². The summed E-state index contributed by atoms with van der Waals surface area (Å²) in [5.41, 5.74) is 0. The Morgan fingerprint density at radius 1 is 1.29 bits per heavy atom. The van der Waals surface area contributed by atoms with Crippen LogP contribution >= 0.6 is 0 Å². The third kappa shape index (κ3) is 5.26. The van der Waals surface area contributed by atoms with Crippen LogP contribution in [0.5, 0.6) is 0 Å². The van der Waals surface area contributed by atoms with Crippen molar-refractivity contribution >= 4 is 28.3 Å². The van der Waals surface area contributed by atoms with E-state index in [4.69, 9.17) is 9.90 Å². The Balaban J connectivity index is 0.000000878. The van der Waals surface area contributed by atoms with Crippen LogP contribution in [0.1, 0.15) is 12.8 Å². The lowest BCUT2D eigenvalue weighted by Gasteiger charge is -2.21. The van der Waals surface area contributed by atoms with E-state index in [2.05, 4.69) is 9.97 Å². The van der Waals surface area contributed by atoms with Crippen molar-refractivity contribution in [3.05, 3.63) is 12.0 Å². The number of aromatic nitrogens is 2. The molecular formula is C16H26FN5O5S. The molecule has 10 nitrogen and oxygen atoms in total. The highest BCUT2D eigenvalue weighted by atomic mass is 32.2. The first-order chi connectivity index (χ1) is 13.2. The maximum absolute atomic E-state index is 14.1. The first-order valence-corrected chi connectivity index (χ1v) is 10.5. The second-order valence-corrected chi connectivity index (χ2v) is 9.16. The third-order valence-electron chi connectivity index (χ3n) is 4.79. The van der Waals surface area contributed by atoms with E-state index in [0.717, 1.165) is 36.4 Å². The van der Waals surface area contributed by atoms with Gasteiger partial charge in [-0.05, 0) is 12.8 Å². The lowest BCUT2D eigenvalue weighted by molar-refractivity contribution is -0.122. The molecule has 3 heterocycles. The van der Waals surface area contributed by atoms with Gasteiger partial charge in [-0.15, -0.1) is 0 Å². The maximum Gasteiger partial charge on any atom is 0.290 e. The number of aliphatic hydroxyl groups is 1. The zero-order chi connectivity index (χ0) is 20.9. The number of sulfonamides is 1. The van der Waals surface area contributed by atoms with Crippen LogP contribution in [0.2, 0.25) is 0 Å². The van der Waals surface area contributed by atoms with Gasteiger partial charge in [0, 0.05) is 46.2 Å². The molecule has 3 rings (SSSR count). The number of aliphatic hydroxyl groups excluding tert-OH is 1. The van der Waals surface area contributed by atoms with Gasteiger partial charge in [-0.2, -0.15) is 4.98 Å². The molecule has 2 aliphatic heterocycles. The number of halogens is 1. The minimum absolute atomic E-state index is 0.141. The van der Waals surface area contributed by atoms with Gasteiger partial charge >= 0.3 is 0 Å². The third-order valence-corrected chi connectivity index (χ3v) is 6.75. The van der Waals surface area contributed by atoms with Gasteiger partial charge in [-0.1, -0.05) is 0 Å². The summed E-state index contributed by atoms with van der Waals surface area (Å²) >= 11 is 0. The number of carbonyl (C=O) groups is 1. The minimum atomic E-state index is -3.41. The molecule has 2 fully saturated rings. The van der Waals surface area contributed by atoms with Crippen molar-refractivity contribution in [1.29, 1.82) is 0 Å². The van der Waals surface area contributed by atoms with Crippen molar-refractivity contribution in [2.75, 3.05) is 55.8 Å². The molecule has 158 valence electrons. The van der Waals surface area contributed by atoms with Gasteiger partial charge in [-0.3, -0.25) is 4.79 Å². The van der Waals surface area contributed by atoms with Crippen molar-refractivity contribution in [2.45, 2.75) is 18.9 Å². The van der Waals surface area contributed by atoms with Crippen LogP contribution in [0.15, 0.2) is 6.20 Å². The first-order valence-electron chi connectivity index (χ1n) is 8.88. The zero-order valence-corrected chi connectivity index (χ0v) is 16.7. The fourth-order valence-corrected chi connectivity index (χ4v) is 4.42. The molecule has 0 aliphatic carbocycles. The van der Waals surface area contributed by atoms with Crippen LogP contribution in [-0.2, 0) is 14.8 Å². The van der Waals surface area contributed by atoms with Crippen LogP contribution < -0.4 is 9.80 Å². The first kappa shape index (κ1) is 22.2. The molecule has 2 saturated heterocycles. The number of rotatable bonds is 5. The molecule has 0 saturated carbocycles. The fraction of sp³-hybridized carbons (Fsp3) is 0.688. The summed E-state index contributed by atoms with van der Waals surface area (Å²) in [6.07, 6.45) is 2.36. The standard InChI is InChI=1S/C15H24FN5O3S.CH2O2/c1-19(2)25(23,24)10-11-8-21(9-13(11)22)15-17-7-12(16)14(18-15)20-5-3-4-6-20;2-1-3/h7,11,13,22H,3-6,8-10H2,1-2H3;1H,(H,2,3)/t11-,13+;/m0./s1. The molecule has 0 radical (unpaired) electrons. The van der Waals surface area contributed by atoms with Crippen molar-refractivity contribution in [3.8, 4) is 0 Å². The Morgan fingerprint density at radius 3 is 2.46 bits per heavy atom. The largest absolute Gasteiger partial charge is 0.483 e. The van der Waals surface area contributed by atoms with Crippen molar-refractivity contribution in [1.82, 2.24) is 14.3 Å². The van der Waals surface area contributed by atoms with E-state index in [1.807, 2.05) is 4.90 Å². The van der Waals surface area contributed by atoms with Gasteiger partial charge in [-0.25, -0.2) is 22.1 Å². The lowest BCUT2D eigenvalue weighted by Crippen LogP contribution is -2.33. The number of hydrogen-bond acceptors (Lipinski definition) is 8. The van der Waals surface area contributed by atoms with Crippen molar-refractivity contribution in [3.63, 3.8) is 0 Å². The molecule has 28 heavy (non-hydrogen) atoms. The average Bonchev–Trinajstić information content (AvgIpc) is 3.26. The summed E-state index contributed by atoms with van der Waals surface area (Å²) < 4.78 is 39.3. The second kappa shape index (κ2) is 9.43. The van der Waals surface area contributed by atoms with Crippen molar-refractivity contribution < 1.29 is 27.8 Å². The smallest absolute Gasteiger partial charge is 0.290 e. The topological polar surface area (TPSA) is 127 Å². The molecule has 0 unspecified atom stereocenters. The summed E-state index contributed by atoms with van der Waals surface area (Å²) in [5.74, 6) is -0.431. The van der Waals surface area contributed by atoms with E-state index in [-0.39, 0.29) is 24.6 Å². The summed E-state index contributed by atoms with van der Waals surface area (Å²) in [5, 5.41) is 17.1. The normalized spacial score (nSPS) is 22.3. The summed E-state index contributed by atoms with van der Waals surface area (Å²) in [6, 6.07) is 0.